The van der Waals surface area contributed by atoms with Crippen LogP contribution in [-0.2, 0) is 16.0 Å². The van der Waals surface area contributed by atoms with Gasteiger partial charge in [0, 0.05) is 28.3 Å². The van der Waals surface area contributed by atoms with Crippen molar-refractivity contribution in [3.63, 3.8) is 0 Å². The van der Waals surface area contributed by atoms with E-state index in [1.165, 1.54) is 18.3 Å². The van der Waals surface area contributed by atoms with Gasteiger partial charge in [-0.3, -0.25) is 10.0 Å². The second-order valence-electron chi connectivity index (χ2n) is 12.1. The van der Waals surface area contributed by atoms with Gasteiger partial charge in [0.05, 0.1) is 47.3 Å². The summed E-state index contributed by atoms with van der Waals surface area (Å²) in [5, 5.41) is 11.3. The molecule has 0 radical (unpaired) electrons. The Balaban J connectivity index is 1.35. The van der Waals surface area contributed by atoms with E-state index >= 15 is 0 Å². The Hall–Kier alpha value is -3.93. The van der Waals surface area contributed by atoms with E-state index in [9.17, 15) is 14.4 Å². The molecule has 3 aromatic carbocycles. The van der Waals surface area contributed by atoms with Gasteiger partial charge < -0.3 is 28.4 Å². The number of carbonyl (C=O) groups is 1. The number of rotatable bonds is 15. The van der Waals surface area contributed by atoms with Crippen molar-refractivity contribution < 1.29 is 42.8 Å². The SMILES string of the molecule is COc1cc(C2CCC(c3cc(OC)c(OC)c(OC)c3)O2)cc(CC=CN(O)C(=O)C2CCCCC2)c1OCCSc1ccc(F)cc1. The molecule has 2 atom stereocenters. The van der Waals surface area contributed by atoms with Gasteiger partial charge in [0.25, 0.3) is 5.91 Å². The third kappa shape index (κ3) is 9.20. The van der Waals surface area contributed by atoms with Crippen LogP contribution < -0.4 is 23.7 Å². The largest absolute Gasteiger partial charge is 0.493 e. The Morgan fingerprint density at radius 1 is 0.857 bits per heavy atom. The van der Waals surface area contributed by atoms with Crippen molar-refractivity contribution in [1.82, 2.24) is 5.06 Å². The van der Waals surface area contributed by atoms with E-state index in [-0.39, 0.29) is 29.9 Å². The highest BCUT2D eigenvalue weighted by molar-refractivity contribution is 7.99. The lowest BCUT2D eigenvalue weighted by Crippen LogP contribution is -2.30. The maximum atomic E-state index is 13.3. The summed E-state index contributed by atoms with van der Waals surface area (Å²) >= 11 is 1.57. The number of hydrogen-bond donors (Lipinski definition) is 1. The molecule has 1 amide bonds. The minimum Gasteiger partial charge on any atom is -0.493 e. The lowest BCUT2D eigenvalue weighted by Gasteiger charge is -2.23. The molecule has 1 saturated carbocycles. The first-order valence-electron chi connectivity index (χ1n) is 16.7. The van der Waals surface area contributed by atoms with E-state index in [2.05, 4.69) is 0 Å². The molecule has 0 aromatic heterocycles. The number of amides is 1. The number of thioether (sulfide) groups is 1. The van der Waals surface area contributed by atoms with Crippen LogP contribution in [0.25, 0.3) is 0 Å². The second-order valence-corrected chi connectivity index (χ2v) is 13.3. The molecule has 2 fully saturated rings. The first-order chi connectivity index (χ1) is 23.8. The van der Waals surface area contributed by atoms with Crippen molar-refractivity contribution in [1.29, 1.82) is 0 Å². The zero-order valence-electron chi connectivity index (χ0n) is 28.6. The fraction of sp³-hybridized carbons (Fsp3) is 0.447. The topological polar surface area (TPSA) is 95.9 Å². The summed E-state index contributed by atoms with van der Waals surface area (Å²) in [6.45, 7) is 0.379. The molecule has 1 aliphatic carbocycles. The van der Waals surface area contributed by atoms with Gasteiger partial charge in [0.1, 0.15) is 5.82 Å². The standard InChI is InChI=1S/C38H46FNO8S/c1-43-33-22-27(31-16-17-32(48-31)28-23-34(44-2)37(46-4)35(24-28)45-3)21-26(11-8-18-40(42)38(41)25-9-6-5-7-10-25)36(33)47-19-20-49-30-14-12-29(39)13-15-30/h8,12-15,18,21-25,31-32,42H,5-7,9-11,16-17,19-20H2,1-4H3. The van der Waals surface area contributed by atoms with Crippen molar-refractivity contribution in [2.45, 2.75) is 68.5 Å². The van der Waals surface area contributed by atoms with Crippen molar-refractivity contribution in [2.75, 3.05) is 40.8 Å². The number of benzene rings is 3. The Labute approximate surface area is 292 Å². The van der Waals surface area contributed by atoms with Crippen molar-refractivity contribution >= 4 is 17.7 Å². The molecule has 264 valence electrons. The van der Waals surface area contributed by atoms with E-state index < -0.39 is 0 Å². The number of carbonyl (C=O) groups excluding carboxylic acids is 1. The minimum atomic E-state index is -0.272. The molecule has 2 unspecified atom stereocenters. The van der Waals surface area contributed by atoms with Crippen molar-refractivity contribution in [2.24, 2.45) is 5.92 Å². The van der Waals surface area contributed by atoms with Crippen LogP contribution in [0.2, 0.25) is 0 Å². The first kappa shape index (κ1) is 36.4. The molecule has 1 heterocycles. The normalized spacial score (nSPS) is 18.0. The number of halogens is 1. The third-order valence-electron chi connectivity index (χ3n) is 9.00. The fourth-order valence-electron chi connectivity index (χ4n) is 6.48. The van der Waals surface area contributed by atoms with Crippen LogP contribution >= 0.6 is 11.8 Å². The Bertz CT molecular complexity index is 1550. The highest BCUT2D eigenvalue weighted by Gasteiger charge is 2.31. The van der Waals surface area contributed by atoms with Gasteiger partial charge >= 0.3 is 0 Å². The molecule has 2 aliphatic rings. The number of hydrogen-bond acceptors (Lipinski definition) is 9. The molecule has 49 heavy (non-hydrogen) atoms. The van der Waals surface area contributed by atoms with E-state index in [0.29, 0.717) is 47.5 Å². The highest BCUT2D eigenvalue weighted by atomic mass is 32.2. The number of hydroxylamine groups is 2. The molecule has 9 nitrogen and oxygen atoms in total. The molecule has 3 aromatic rings. The predicted octanol–water partition coefficient (Wildman–Crippen LogP) is 8.48. The monoisotopic (exact) mass is 695 g/mol. The van der Waals surface area contributed by atoms with E-state index in [4.69, 9.17) is 28.4 Å². The van der Waals surface area contributed by atoms with Gasteiger partial charge in [-0.15, -0.1) is 11.8 Å². The summed E-state index contributed by atoms with van der Waals surface area (Å²) in [5.41, 5.74) is 2.69. The van der Waals surface area contributed by atoms with Crippen LogP contribution in [-0.4, -0.2) is 57.0 Å². The van der Waals surface area contributed by atoms with E-state index in [1.54, 1.807) is 58.4 Å². The Morgan fingerprint density at radius 2 is 1.45 bits per heavy atom. The molecule has 5 rings (SSSR count). The van der Waals surface area contributed by atoms with Crippen molar-refractivity contribution in [3.8, 4) is 28.7 Å². The van der Waals surface area contributed by atoms with Gasteiger partial charge in [-0.1, -0.05) is 25.3 Å². The second kappa shape index (κ2) is 17.6. The summed E-state index contributed by atoms with van der Waals surface area (Å²) in [7, 11) is 6.36. The van der Waals surface area contributed by atoms with Gasteiger partial charge in [0.2, 0.25) is 5.75 Å². The smallest absolute Gasteiger partial charge is 0.253 e. The molecule has 0 spiro atoms. The molecule has 11 heteroatoms. The summed E-state index contributed by atoms with van der Waals surface area (Å²) < 4.78 is 48.7. The van der Waals surface area contributed by atoms with Crippen LogP contribution in [0.3, 0.4) is 0 Å². The molecular weight excluding hydrogens is 649 g/mol. The molecular formula is C38H46FNO8S. The molecule has 1 saturated heterocycles. The summed E-state index contributed by atoms with van der Waals surface area (Å²) in [6.07, 6.45) is 9.44. The van der Waals surface area contributed by atoms with Gasteiger partial charge in [-0.05, 0) is 91.8 Å². The van der Waals surface area contributed by atoms with Crippen LogP contribution in [0.15, 0.2) is 65.7 Å². The van der Waals surface area contributed by atoms with Crippen LogP contribution in [0.4, 0.5) is 4.39 Å². The molecule has 0 bridgehead atoms. The van der Waals surface area contributed by atoms with Crippen LogP contribution in [0.5, 0.6) is 28.7 Å². The molecule has 1 aliphatic heterocycles. The highest BCUT2D eigenvalue weighted by Crippen LogP contribution is 2.47. The first-order valence-corrected chi connectivity index (χ1v) is 17.7. The Morgan fingerprint density at radius 3 is 2.04 bits per heavy atom. The third-order valence-corrected chi connectivity index (χ3v) is 9.98. The van der Waals surface area contributed by atoms with Crippen LogP contribution in [0, 0.1) is 11.7 Å². The lowest BCUT2D eigenvalue weighted by atomic mass is 9.88. The summed E-state index contributed by atoms with van der Waals surface area (Å²) in [6, 6.07) is 14.2. The number of nitrogens with zero attached hydrogens (tertiary/aromatic N) is 1. The minimum absolute atomic E-state index is 0.151. The predicted molar refractivity (Wildman–Crippen MR) is 186 cm³/mol. The van der Waals surface area contributed by atoms with Crippen LogP contribution in [0.1, 0.15) is 73.8 Å². The number of methoxy groups -OCH3 is 4. The quantitative estimate of drug-likeness (QED) is 0.0727. The average molecular weight is 696 g/mol. The number of allylic oxidation sites excluding steroid dienone is 1. The maximum Gasteiger partial charge on any atom is 0.253 e. The van der Waals surface area contributed by atoms with Gasteiger partial charge in [-0.25, -0.2) is 4.39 Å². The Kier molecular flexibility index (Phi) is 13.1. The zero-order valence-corrected chi connectivity index (χ0v) is 29.4. The van der Waals surface area contributed by atoms with E-state index in [0.717, 1.165) is 71.6 Å². The van der Waals surface area contributed by atoms with Crippen molar-refractivity contribution in [3.05, 3.63) is 83.3 Å². The summed E-state index contributed by atoms with van der Waals surface area (Å²) in [4.78, 5) is 13.8. The fourth-order valence-corrected chi connectivity index (χ4v) is 7.21. The zero-order chi connectivity index (χ0) is 34.8. The van der Waals surface area contributed by atoms with Gasteiger partial charge in [-0.2, -0.15) is 5.06 Å². The maximum absolute atomic E-state index is 13.3. The van der Waals surface area contributed by atoms with E-state index in [1.807, 2.05) is 24.3 Å². The lowest BCUT2D eigenvalue weighted by molar-refractivity contribution is -0.160. The van der Waals surface area contributed by atoms with Gasteiger partial charge in [0.15, 0.2) is 23.0 Å². The average Bonchev–Trinajstić information content (AvgIpc) is 3.64. The number of ether oxygens (including phenoxy) is 6. The summed E-state index contributed by atoms with van der Waals surface area (Å²) in [5.74, 6) is 2.75. The molecule has 1 N–H and O–H groups in total.